The molecule has 0 aliphatic heterocycles. The van der Waals surface area contributed by atoms with Crippen molar-refractivity contribution in [2.75, 3.05) is 33.2 Å². The highest BCUT2D eigenvalue weighted by Gasteiger charge is 2.07. The molecule has 0 fully saturated rings. The van der Waals surface area contributed by atoms with Crippen molar-refractivity contribution in [1.82, 2.24) is 21.3 Å². The van der Waals surface area contributed by atoms with Crippen molar-refractivity contribution >= 4 is 23.6 Å². The summed E-state index contributed by atoms with van der Waals surface area (Å²) in [6, 6.07) is 10.3. The first-order valence-corrected chi connectivity index (χ1v) is 8.59. The molecule has 0 radical (unpaired) electrons. The van der Waals surface area contributed by atoms with Crippen molar-refractivity contribution in [1.29, 1.82) is 0 Å². The largest absolute Gasteiger partial charge is 0.368 e. The summed E-state index contributed by atoms with van der Waals surface area (Å²) in [5.41, 5.74) is 6.13. The molecule has 0 spiro atoms. The summed E-state index contributed by atoms with van der Waals surface area (Å²) in [4.78, 5) is 43.6. The van der Waals surface area contributed by atoms with E-state index in [1.807, 2.05) is 32.0 Å². The van der Waals surface area contributed by atoms with Gasteiger partial charge in [-0.1, -0.05) is 49.7 Å². The number of aryl methyl sites for hydroxylation is 1. The lowest BCUT2D eigenvalue weighted by molar-refractivity contribution is -0.128. The normalized spacial score (nSPS) is 8.74. The molecule has 0 saturated carbocycles. The van der Waals surface area contributed by atoms with E-state index >= 15 is 0 Å². The Hall–Kier alpha value is -2.94. The molecule has 0 saturated heterocycles. The molecule has 4 amide bonds. The van der Waals surface area contributed by atoms with E-state index in [-0.39, 0.29) is 32.1 Å². The van der Waals surface area contributed by atoms with Crippen molar-refractivity contribution < 1.29 is 19.2 Å². The SMILES string of the molecule is CC.CNCC(=O)NCC(=O)NCC(=O)NCC(N)=O.Cc1ccccc1. The number of amides is 4. The topological polar surface area (TPSA) is 142 Å². The Balaban J connectivity index is 0. The molecule has 0 aliphatic carbocycles. The van der Waals surface area contributed by atoms with Crippen molar-refractivity contribution in [2.45, 2.75) is 20.8 Å². The lowest BCUT2D eigenvalue weighted by Gasteiger charge is -2.06. The third-order valence-electron chi connectivity index (χ3n) is 2.63. The van der Waals surface area contributed by atoms with Gasteiger partial charge in [-0.05, 0) is 14.0 Å². The fourth-order valence-electron chi connectivity index (χ4n) is 1.43. The van der Waals surface area contributed by atoms with Gasteiger partial charge in [0.05, 0.1) is 26.2 Å². The van der Waals surface area contributed by atoms with E-state index in [1.165, 1.54) is 5.56 Å². The predicted molar refractivity (Wildman–Crippen MR) is 105 cm³/mol. The Bertz CT molecular complexity index is 564. The van der Waals surface area contributed by atoms with Crippen LogP contribution in [-0.2, 0) is 19.2 Å². The first-order chi connectivity index (χ1) is 12.8. The highest BCUT2D eigenvalue weighted by molar-refractivity contribution is 5.89. The maximum atomic E-state index is 11.2. The Morgan fingerprint density at radius 2 is 1.19 bits per heavy atom. The fraction of sp³-hybridized carbons (Fsp3) is 0.444. The van der Waals surface area contributed by atoms with Gasteiger partial charge in [-0.2, -0.15) is 0 Å². The number of rotatable bonds is 8. The summed E-state index contributed by atoms with van der Waals surface area (Å²) in [7, 11) is 1.60. The van der Waals surface area contributed by atoms with Gasteiger partial charge in [0, 0.05) is 0 Å². The number of primary amides is 1. The van der Waals surface area contributed by atoms with E-state index in [1.54, 1.807) is 7.05 Å². The van der Waals surface area contributed by atoms with E-state index in [4.69, 9.17) is 5.73 Å². The Kier molecular flexibility index (Phi) is 17.4. The van der Waals surface area contributed by atoms with E-state index in [9.17, 15) is 19.2 Å². The summed E-state index contributed by atoms with van der Waals surface area (Å²) in [5, 5.41) is 9.42. The third kappa shape index (κ3) is 19.2. The van der Waals surface area contributed by atoms with Gasteiger partial charge in [-0.3, -0.25) is 19.2 Å². The highest BCUT2D eigenvalue weighted by atomic mass is 16.2. The molecule has 0 bridgehead atoms. The number of likely N-dealkylation sites (N-methyl/N-ethyl adjacent to an activating group) is 1. The molecule has 9 nitrogen and oxygen atoms in total. The monoisotopic (exact) mass is 381 g/mol. The van der Waals surface area contributed by atoms with Gasteiger partial charge in [-0.15, -0.1) is 0 Å². The quantitative estimate of drug-likeness (QED) is 0.395. The number of carbonyl (C=O) groups excluding carboxylic acids is 4. The summed E-state index contributed by atoms with van der Waals surface area (Å²) >= 11 is 0. The number of nitrogens with two attached hydrogens (primary N) is 1. The zero-order valence-corrected chi connectivity index (χ0v) is 16.4. The maximum Gasteiger partial charge on any atom is 0.239 e. The van der Waals surface area contributed by atoms with Gasteiger partial charge in [0.1, 0.15) is 0 Å². The first-order valence-electron chi connectivity index (χ1n) is 8.59. The highest BCUT2D eigenvalue weighted by Crippen LogP contribution is 1.92. The van der Waals surface area contributed by atoms with Crippen LogP contribution in [0.15, 0.2) is 30.3 Å². The molecule has 6 N–H and O–H groups in total. The Morgan fingerprint density at radius 1 is 0.778 bits per heavy atom. The van der Waals surface area contributed by atoms with Crippen molar-refractivity contribution in [2.24, 2.45) is 5.73 Å². The molecule has 9 heteroatoms. The lowest BCUT2D eigenvalue weighted by atomic mass is 10.2. The summed E-state index contributed by atoms with van der Waals surface area (Å²) in [6.07, 6.45) is 0. The van der Waals surface area contributed by atoms with Crippen LogP contribution in [0, 0.1) is 6.92 Å². The molecule has 0 aromatic heterocycles. The maximum absolute atomic E-state index is 11.2. The average molecular weight is 381 g/mol. The van der Waals surface area contributed by atoms with Crippen molar-refractivity contribution in [3.63, 3.8) is 0 Å². The second-order valence-electron chi connectivity index (χ2n) is 4.98. The molecule has 1 rings (SSSR count). The Labute approximate surface area is 160 Å². The van der Waals surface area contributed by atoms with E-state index in [0.29, 0.717) is 0 Å². The number of hydrogen-bond acceptors (Lipinski definition) is 5. The van der Waals surface area contributed by atoms with Crippen molar-refractivity contribution in [3.8, 4) is 0 Å². The fourth-order valence-corrected chi connectivity index (χ4v) is 1.43. The number of nitrogens with one attached hydrogen (secondary N) is 4. The zero-order chi connectivity index (χ0) is 21.1. The number of benzene rings is 1. The van der Waals surface area contributed by atoms with E-state index < -0.39 is 17.7 Å². The predicted octanol–water partition coefficient (Wildman–Crippen LogP) is -0.939. The average Bonchev–Trinajstić information content (AvgIpc) is 2.66. The Morgan fingerprint density at radius 3 is 1.52 bits per heavy atom. The molecule has 0 heterocycles. The van der Waals surface area contributed by atoms with Crippen LogP contribution in [0.1, 0.15) is 19.4 Å². The minimum atomic E-state index is -0.672. The smallest absolute Gasteiger partial charge is 0.239 e. The molecule has 27 heavy (non-hydrogen) atoms. The molecule has 1 aromatic rings. The first kappa shape index (κ1) is 26.3. The van der Waals surface area contributed by atoms with Crippen LogP contribution in [0.5, 0.6) is 0 Å². The standard InChI is InChI=1S/C9H17N5O4.C7H8.C2H6/c1-11-3-7(16)13-5-9(18)14-4-8(17)12-2-6(10)15;1-7-5-3-2-4-6-7;1-2/h11H,2-5H2,1H3,(H2,10,15)(H,12,17)(H,13,16)(H,14,18);2-6H,1H3;1-2H3. The van der Waals surface area contributed by atoms with Crippen LogP contribution in [0.2, 0.25) is 0 Å². The van der Waals surface area contributed by atoms with Gasteiger partial charge < -0.3 is 27.0 Å². The molecular weight excluding hydrogens is 350 g/mol. The van der Waals surface area contributed by atoms with Crippen LogP contribution >= 0.6 is 0 Å². The van der Waals surface area contributed by atoms with Gasteiger partial charge >= 0.3 is 0 Å². The van der Waals surface area contributed by atoms with E-state index in [2.05, 4.69) is 40.3 Å². The van der Waals surface area contributed by atoms with Gasteiger partial charge in [0.15, 0.2) is 0 Å². The number of carbonyl (C=O) groups is 4. The molecule has 0 aliphatic rings. The number of hydrogen-bond donors (Lipinski definition) is 5. The van der Waals surface area contributed by atoms with Gasteiger partial charge in [0.2, 0.25) is 23.6 Å². The molecule has 0 unspecified atom stereocenters. The van der Waals surface area contributed by atoms with Crippen LogP contribution < -0.4 is 27.0 Å². The second kappa shape index (κ2) is 17.9. The van der Waals surface area contributed by atoms with Gasteiger partial charge in [0.25, 0.3) is 0 Å². The summed E-state index contributed by atoms with van der Waals surface area (Å²) < 4.78 is 0. The molecule has 1 aromatic carbocycles. The molecule has 152 valence electrons. The van der Waals surface area contributed by atoms with Gasteiger partial charge in [-0.25, -0.2) is 0 Å². The lowest BCUT2D eigenvalue weighted by Crippen LogP contribution is -2.44. The van der Waals surface area contributed by atoms with Crippen LogP contribution in [0.4, 0.5) is 0 Å². The third-order valence-corrected chi connectivity index (χ3v) is 2.63. The van der Waals surface area contributed by atoms with Crippen LogP contribution in [0.25, 0.3) is 0 Å². The minimum Gasteiger partial charge on any atom is -0.368 e. The zero-order valence-electron chi connectivity index (χ0n) is 16.4. The van der Waals surface area contributed by atoms with Crippen molar-refractivity contribution in [3.05, 3.63) is 35.9 Å². The van der Waals surface area contributed by atoms with Crippen LogP contribution in [-0.4, -0.2) is 56.9 Å². The van der Waals surface area contributed by atoms with E-state index in [0.717, 1.165) is 0 Å². The minimum absolute atomic E-state index is 0.104. The molecular formula is C18H31N5O4. The molecule has 0 atom stereocenters. The summed E-state index contributed by atoms with van der Waals surface area (Å²) in [6.45, 7) is 5.40. The van der Waals surface area contributed by atoms with Crippen LogP contribution in [0.3, 0.4) is 0 Å². The summed E-state index contributed by atoms with van der Waals surface area (Å²) in [5.74, 6) is -2.04. The second-order valence-corrected chi connectivity index (χ2v) is 4.98.